The van der Waals surface area contributed by atoms with E-state index in [-0.39, 0.29) is 17.2 Å². The number of aryl methyl sites for hydroxylation is 1. The molecule has 4 amide bonds. The van der Waals surface area contributed by atoms with Crippen LogP contribution in [0.3, 0.4) is 0 Å². The highest BCUT2D eigenvalue weighted by Gasteiger charge is 2.49. The monoisotopic (exact) mass is 472 g/mol. The molecule has 2 heterocycles. The van der Waals surface area contributed by atoms with E-state index in [1.54, 1.807) is 19.1 Å². The third-order valence-corrected chi connectivity index (χ3v) is 7.72. The summed E-state index contributed by atoms with van der Waals surface area (Å²) in [6.07, 6.45) is 0.483. The maximum atomic E-state index is 13.0. The number of rotatable bonds is 5. The number of carbonyl (C=O) groups excluding carboxylic acids is 3. The highest BCUT2D eigenvalue weighted by atomic mass is 32.2. The number of hydrogen-bond donors (Lipinski definition) is 3. The summed E-state index contributed by atoms with van der Waals surface area (Å²) >= 11 is 0. The average Bonchev–Trinajstić information content (AvgIpc) is 3.21. The number of benzene rings is 2. The number of nitrogens with one attached hydrogen (secondary N) is 2. The Morgan fingerprint density at radius 1 is 1.18 bits per heavy atom. The summed E-state index contributed by atoms with van der Waals surface area (Å²) in [5.41, 5.74) is 0.568. The predicted octanol–water partition coefficient (Wildman–Crippen LogP) is 1.65. The number of carbonyl (C=O) groups is 3. The van der Waals surface area contributed by atoms with Gasteiger partial charge < -0.3 is 15.7 Å². The number of imide groups is 1. The van der Waals surface area contributed by atoms with Crippen LogP contribution in [0.5, 0.6) is 5.75 Å². The molecule has 1 unspecified atom stereocenters. The van der Waals surface area contributed by atoms with Crippen LogP contribution in [0, 0.1) is 6.92 Å². The van der Waals surface area contributed by atoms with Crippen LogP contribution in [0.15, 0.2) is 42.5 Å². The second-order valence-corrected chi connectivity index (χ2v) is 10.3. The molecule has 0 radical (unpaired) electrons. The molecule has 11 heteroatoms. The Bertz CT molecular complexity index is 1240. The second-order valence-electron chi connectivity index (χ2n) is 8.30. The molecule has 10 nitrogen and oxygen atoms in total. The molecule has 2 aliphatic heterocycles. The maximum Gasteiger partial charge on any atom is 0.325 e. The van der Waals surface area contributed by atoms with Crippen LogP contribution in [0.25, 0.3) is 0 Å². The van der Waals surface area contributed by atoms with Gasteiger partial charge >= 0.3 is 6.03 Å². The Morgan fingerprint density at radius 2 is 1.88 bits per heavy atom. The minimum absolute atomic E-state index is 0.0204. The Morgan fingerprint density at radius 3 is 2.52 bits per heavy atom. The van der Waals surface area contributed by atoms with Gasteiger partial charge in [0.05, 0.1) is 17.1 Å². The fourth-order valence-electron chi connectivity index (χ4n) is 3.97. The lowest BCUT2D eigenvalue weighted by Crippen LogP contribution is -2.42. The van der Waals surface area contributed by atoms with Gasteiger partial charge in [0.2, 0.25) is 15.9 Å². The number of aromatic hydroxyl groups is 1. The van der Waals surface area contributed by atoms with E-state index in [4.69, 9.17) is 0 Å². The summed E-state index contributed by atoms with van der Waals surface area (Å²) in [4.78, 5) is 38.9. The van der Waals surface area contributed by atoms with Gasteiger partial charge in [0.1, 0.15) is 17.8 Å². The van der Waals surface area contributed by atoms with Gasteiger partial charge in [-0.25, -0.2) is 13.2 Å². The van der Waals surface area contributed by atoms with Crippen molar-refractivity contribution in [2.75, 3.05) is 28.5 Å². The Labute approximate surface area is 191 Å². The van der Waals surface area contributed by atoms with E-state index in [1.807, 2.05) is 19.1 Å². The Kier molecular flexibility index (Phi) is 5.52. The fourth-order valence-corrected chi connectivity index (χ4v) is 5.52. The number of nitrogens with zero attached hydrogens (tertiary/aromatic N) is 2. The third-order valence-electron chi connectivity index (χ3n) is 5.85. The zero-order chi connectivity index (χ0) is 24.0. The first-order chi connectivity index (χ1) is 15.5. The molecule has 174 valence electrons. The minimum atomic E-state index is -3.44. The molecule has 0 saturated carbocycles. The molecule has 0 bridgehead atoms. The van der Waals surface area contributed by atoms with E-state index in [9.17, 15) is 27.9 Å². The van der Waals surface area contributed by atoms with Gasteiger partial charge in [-0.15, -0.1) is 0 Å². The van der Waals surface area contributed by atoms with Crippen LogP contribution in [0.2, 0.25) is 0 Å². The van der Waals surface area contributed by atoms with Crippen molar-refractivity contribution in [3.05, 3.63) is 53.6 Å². The predicted molar refractivity (Wildman–Crippen MR) is 121 cm³/mol. The van der Waals surface area contributed by atoms with Gasteiger partial charge in [-0.2, -0.15) is 0 Å². The van der Waals surface area contributed by atoms with Crippen LogP contribution in [0.4, 0.5) is 16.2 Å². The van der Waals surface area contributed by atoms with Crippen molar-refractivity contribution >= 4 is 39.2 Å². The summed E-state index contributed by atoms with van der Waals surface area (Å²) in [5, 5.41) is 15.2. The molecule has 0 aromatic heterocycles. The van der Waals surface area contributed by atoms with Crippen molar-refractivity contribution in [3.8, 4) is 5.75 Å². The summed E-state index contributed by atoms with van der Waals surface area (Å²) in [7, 11) is -3.44. The zero-order valence-corrected chi connectivity index (χ0v) is 19.0. The van der Waals surface area contributed by atoms with Crippen LogP contribution < -0.4 is 14.9 Å². The number of phenolic OH excluding ortho intramolecular Hbond substituents is 1. The molecule has 2 fully saturated rings. The van der Waals surface area contributed by atoms with Crippen molar-refractivity contribution in [2.24, 2.45) is 0 Å². The summed E-state index contributed by atoms with van der Waals surface area (Å²) < 4.78 is 25.5. The first kappa shape index (κ1) is 22.6. The third kappa shape index (κ3) is 4.11. The van der Waals surface area contributed by atoms with Gasteiger partial charge in [-0.05, 0) is 44.0 Å². The van der Waals surface area contributed by atoms with Gasteiger partial charge in [0.15, 0.2) is 0 Å². The highest BCUT2D eigenvalue weighted by molar-refractivity contribution is 7.93. The van der Waals surface area contributed by atoms with E-state index >= 15 is 0 Å². The first-order valence-corrected chi connectivity index (χ1v) is 12.0. The Hall–Kier alpha value is -3.60. The number of hydrogen-bond acceptors (Lipinski definition) is 6. The van der Waals surface area contributed by atoms with Gasteiger partial charge in [0.25, 0.3) is 5.91 Å². The first-order valence-electron chi connectivity index (χ1n) is 10.4. The SMILES string of the molecule is Cc1ccc(C2(C)NC(=O)N(CC(=O)Nc3cc(N4CCCS4(=O)=O)ccc3O)C2=O)cc1. The van der Waals surface area contributed by atoms with Crippen LogP contribution in [-0.4, -0.2) is 55.1 Å². The fraction of sp³-hybridized carbons (Fsp3) is 0.318. The highest BCUT2D eigenvalue weighted by Crippen LogP contribution is 2.33. The average molecular weight is 473 g/mol. The van der Waals surface area contributed by atoms with Crippen molar-refractivity contribution in [2.45, 2.75) is 25.8 Å². The summed E-state index contributed by atoms with van der Waals surface area (Å²) in [6, 6.07) is 10.5. The van der Waals surface area contributed by atoms with E-state index in [0.717, 1.165) is 10.5 Å². The molecule has 2 aromatic carbocycles. The standard InChI is InChI=1S/C22H24N4O6S/c1-14-4-6-15(7-5-14)22(2)20(29)25(21(30)24-22)13-19(28)23-17-12-16(8-9-18(17)27)26-10-3-11-33(26,31)32/h4-9,12,27H,3,10-11,13H2,1-2H3,(H,23,28)(H,24,30). The van der Waals surface area contributed by atoms with E-state index < -0.39 is 40.0 Å². The lowest BCUT2D eigenvalue weighted by atomic mass is 9.91. The smallest absolute Gasteiger partial charge is 0.325 e. The van der Waals surface area contributed by atoms with Gasteiger partial charge in [-0.3, -0.25) is 18.8 Å². The molecule has 0 spiro atoms. The zero-order valence-electron chi connectivity index (χ0n) is 18.2. The molecule has 3 N–H and O–H groups in total. The molecule has 33 heavy (non-hydrogen) atoms. The van der Waals surface area contributed by atoms with Crippen molar-refractivity contribution in [1.29, 1.82) is 0 Å². The van der Waals surface area contributed by atoms with Crippen molar-refractivity contribution in [3.63, 3.8) is 0 Å². The quantitative estimate of drug-likeness (QED) is 0.447. The molecule has 1 atom stereocenters. The largest absolute Gasteiger partial charge is 0.506 e. The van der Waals surface area contributed by atoms with E-state index in [2.05, 4.69) is 10.6 Å². The minimum Gasteiger partial charge on any atom is -0.506 e. The second kappa shape index (κ2) is 8.07. The van der Waals surface area contributed by atoms with Gasteiger partial charge in [-0.1, -0.05) is 29.8 Å². The molecule has 0 aliphatic carbocycles. The summed E-state index contributed by atoms with van der Waals surface area (Å²) in [5.74, 6) is -1.54. The van der Waals surface area contributed by atoms with Crippen LogP contribution in [-0.2, 0) is 25.2 Å². The van der Waals surface area contributed by atoms with Crippen LogP contribution in [0.1, 0.15) is 24.5 Å². The number of phenols is 1. The van der Waals surface area contributed by atoms with Crippen molar-refractivity contribution < 1.29 is 27.9 Å². The molecular formula is C22H24N4O6S. The van der Waals surface area contributed by atoms with E-state index in [1.165, 1.54) is 22.5 Å². The Balaban J connectivity index is 1.50. The number of urea groups is 1. The topological polar surface area (TPSA) is 136 Å². The van der Waals surface area contributed by atoms with Crippen LogP contribution >= 0.6 is 0 Å². The lowest BCUT2D eigenvalue weighted by molar-refractivity contribution is -0.133. The normalized spacial score (nSPS) is 21.9. The molecule has 4 rings (SSSR count). The van der Waals surface area contributed by atoms with Gasteiger partial charge in [0, 0.05) is 6.54 Å². The maximum absolute atomic E-state index is 13.0. The molecule has 2 aromatic rings. The van der Waals surface area contributed by atoms with E-state index in [0.29, 0.717) is 24.2 Å². The lowest BCUT2D eigenvalue weighted by Gasteiger charge is -2.22. The molecule has 2 aliphatic rings. The number of anilines is 2. The molecule has 2 saturated heterocycles. The molecular weight excluding hydrogens is 448 g/mol. The number of amides is 4. The van der Waals surface area contributed by atoms with Crippen molar-refractivity contribution in [1.82, 2.24) is 10.2 Å². The summed E-state index contributed by atoms with van der Waals surface area (Å²) in [6.45, 7) is 3.21. The number of sulfonamides is 1.